The number of phenolic OH excluding ortho intramolecular Hbond substituents is 1. The highest BCUT2D eigenvalue weighted by molar-refractivity contribution is 5.97. The number of aromatic hydroxyl groups is 1. The van der Waals surface area contributed by atoms with Crippen molar-refractivity contribution >= 4 is 11.6 Å². The molecular weight excluding hydrogens is 266 g/mol. The number of benzene rings is 1. The van der Waals surface area contributed by atoms with Gasteiger partial charge in [0.25, 0.3) is 5.91 Å². The van der Waals surface area contributed by atoms with Crippen molar-refractivity contribution in [2.24, 2.45) is 7.05 Å². The van der Waals surface area contributed by atoms with Gasteiger partial charge in [-0.3, -0.25) is 14.9 Å². The number of aromatic nitrogens is 3. The number of nitro benzene ring substituents is 1. The minimum Gasteiger partial charge on any atom is -0.502 e. The van der Waals surface area contributed by atoms with Gasteiger partial charge in [-0.25, -0.2) is 0 Å². The first-order valence-corrected chi connectivity index (χ1v) is 5.58. The molecule has 0 unspecified atom stereocenters. The molecule has 0 saturated carbocycles. The molecule has 2 rings (SSSR count). The standard InChI is InChI=1S/C11H11N5O4/c1-15-6-13-14-9(15)5-12-11(18)7-3-2-4-8(10(7)17)16(19)20/h2-4,6,17H,5H2,1H3,(H,12,18). The van der Waals surface area contributed by atoms with E-state index in [-0.39, 0.29) is 12.1 Å². The second-order valence-electron chi connectivity index (χ2n) is 3.97. The predicted molar refractivity (Wildman–Crippen MR) is 66.9 cm³/mol. The van der Waals surface area contributed by atoms with Gasteiger partial charge in [0.15, 0.2) is 5.82 Å². The number of carbonyl (C=O) groups excluding carboxylic acids is 1. The van der Waals surface area contributed by atoms with Crippen LogP contribution >= 0.6 is 0 Å². The summed E-state index contributed by atoms with van der Waals surface area (Å²) >= 11 is 0. The number of nitrogens with one attached hydrogen (secondary N) is 1. The van der Waals surface area contributed by atoms with E-state index in [9.17, 15) is 20.0 Å². The third-order valence-electron chi connectivity index (χ3n) is 2.67. The number of phenols is 1. The van der Waals surface area contributed by atoms with Gasteiger partial charge in [0, 0.05) is 13.1 Å². The van der Waals surface area contributed by atoms with Gasteiger partial charge in [-0.05, 0) is 6.07 Å². The zero-order valence-corrected chi connectivity index (χ0v) is 10.5. The lowest BCUT2D eigenvalue weighted by molar-refractivity contribution is -0.385. The normalized spacial score (nSPS) is 10.2. The molecule has 1 aromatic carbocycles. The summed E-state index contributed by atoms with van der Waals surface area (Å²) in [6.07, 6.45) is 1.48. The number of para-hydroxylation sites is 1. The number of aryl methyl sites for hydroxylation is 1. The van der Waals surface area contributed by atoms with Crippen molar-refractivity contribution in [3.05, 3.63) is 46.0 Å². The fourth-order valence-corrected chi connectivity index (χ4v) is 1.58. The van der Waals surface area contributed by atoms with Crippen molar-refractivity contribution in [3.63, 3.8) is 0 Å². The molecule has 0 aliphatic heterocycles. The molecule has 9 heteroatoms. The van der Waals surface area contributed by atoms with Crippen LogP contribution in [0.25, 0.3) is 0 Å². The largest absolute Gasteiger partial charge is 0.502 e. The van der Waals surface area contributed by atoms with Crippen molar-refractivity contribution in [1.82, 2.24) is 20.1 Å². The number of carbonyl (C=O) groups is 1. The molecule has 9 nitrogen and oxygen atoms in total. The van der Waals surface area contributed by atoms with E-state index in [4.69, 9.17) is 0 Å². The van der Waals surface area contributed by atoms with Crippen LogP contribution in [-0.4, -0.2) is 30.7 Å². The number of rotatable bonds is 4. The van der Waals surface area contributed by atoms with E-state index >= 15 is 0 Å². The Morgan fingerprint density at radius 3 is 2.90 bits per heavy atom. The average Bonchev–Trinajstić information content (AvgIpc) is 2.81. The molecule has 2 N–H and O–H groups in total. The van der Waals surface area contributed by atoms with Crippen molar-refractivity contribution in [2.75, 3.05) is 0 Å². The molecule has 1 heterocycles. The van der Waals surface area contributed by atoms with Crippen molar-refractivity contribution in [2.45, 2.75) is 6.54 Å². The fraction of sp³-hybridized carbons (Fsp3) is 0.182. The number of hydrogen-bond donors (Lipinski definition) is 2. The first-order valence-electron chi connectivity index (χ1n) is 5.58. The molecule has 2 aromatic rings. The van der Waals surface area contributed by atoms with Crippen molar-refractivity contribution in [3.8, 4) is 5.75 Å². The molecule has 0 bridgehead atoms. The Labute approximate surface area is 113 Å². The van der Waals surface area contributed by atoms with E-state index in [1.54, 1.807) is 11.6 Å². The smallest absolute Gasteiger partial charge is 0.311 e. The Hall–Kier alpha value is -2.97. The van der Waals surface area contributed by atoms with E-state index < -0.39 is 22.3 Å². The highest BCUT2D eigenvalue weighted by atomic mass is 16.6. The Balaban J connectivity index is 2.16. The molecule has 0 aliphatic carbocycles. The molecule has 104 valence electrons. The summed E-state index contributed by atoms with van der Waals surface area (Å²) in [5, 5.41) is 30.3. The topological polar surface area (TPSA) is 123 Å². The maximum atomic E-state index is 11.9. The van der Waals surface area contributed by atoms with Crippen molar-refractivity contribution < 1.29 is 14.8 Å². The van der Waals surface area contributed by atoms with Crippen LogP contribution in [0.1, 0.15) is 16.2 Å². The number of nitro groups is 1. The average molecular weight is 277 g/mol. The Morgan fingerprint density at radius 1 is 1.55 bits per heavy atom. The summed E-state index contributed by atoms with van der Waals surface area (Å²) in [5.74, 6) is -0.773. The minimum atomic E-state index is -0.755. The molecule has 1 aromatic heterocycles. The lowest BCUT2D eigenvalue weighted by atomic mass is 10.1. The zero-order chi connectivity index (χ0) is 14.7. The summed E-state index contributed by atoms with van der Waals surface area (Å²) in [6, 6.07) is 3.75. The lowest BCUT2D eigenvalue weighted by Gasteiger charge is -2.06. The Kier molecular flexibility index (Phi) is 3.60. The van der Waals surface area contributed by atoms with Gasteiger partial charge in [-0.1, -0.05) is 6.07 Å². The number of nitrogens with zero attached hydrogens (tertiary/aromatic N) is 4. The van der Waals surface area contributed by atoms with Crippen molar-refractivity contribution in [1.29, 1.82) is 0 Å². The first kappa shape index (κ1) is 13.5. The summed E-state index contributed by atoms with van der Waals surface area (Å²) in [6.45, 7) is 0.0947. The highest BCUT2D eigenvalue weighted by Crippen LogP contribution is 2.29. The summed E-state index contributed by atoms with van der Waals surface area (Å²) in [5.41, 5.74) is -0.683. The maximum Gasteiger partial charge on any atom is 0.311 e. The zero-order valence-electron chi connectivity index (χ0n) is 10.5. The minimum absolute atomic E-state index is 0.0947. The number of amides is 1. The molecule has 0 atom stereocenters. The van der Waals surface area contributed by atoms with E-state index in [2.05, 4.69) is 15.5 Å². The molecule has 0 aliphatic rings. The van der Waals surface area contributed by atoms with Crippen LogP contribution in [0.2, 0.25) is 0 Å². The SMILES string of the molecule is Cn1cnnc1CNC(=O)c1cccc([N+](=O)[O-])c1O. The van der Waals surface area contributed by atoms with Crippen LogP contribution in [0.3, 0.4) is 0 Å². The van der Waals surface area contributed by atoms with Crippen LogP contribution in [0.5, 0.6) is 5.75 Å². The van der Waals surface area contributed by atoms with Gasteiger partial charge >= 0.3 is 5.69 Å². The molecule has 0 radical (unpaired) electrons. The van der Waals surface area contributed by atoms with Gasteiger partial charge < -0.3 is 15.0 Å². The van der Waals surface area contributed by atoms with Gasteiger partial charge in [0.2, 0.25) is 5.75 Å². The van der Waals surface area contributed by atoms with Crippen LogP contribution in [-0.2, 0) is 13.6 Å². The van der Waals surface area contributed by atoms with Gasteiger partial charge in [-0.2, -0.15) is 0 Å². The first-order chi connectivity index (χ1) is 9.50. The second kappa shape index (κ2) is 5.34. The monoisotopic (exact) mass is 277 g/mol. The molecular formula is C11H11N5O4. The quantitative estimate of drug-likeness (QED) is 0.614. The maximum absolute atomic E-state index is 11.9. The van der Waals surface area contributed by atoms with E-state index in [1.165, 1.54) is 18.5 Å². The predicted octanol–water partition coefficient (Wildman–Crippen LogP) is 0.359. The fourth-order valence-electron chi connectivity index (χ4n) is 1.58. The molecule has 0 saturated heterocycles. The van der Waals surface area contributed by atoms with Crippen LogP contribution in [0.4, 0.5) is 5.69 Å². The summed E-state index contributed by atoms with van der Waals surface area (Å²) in [7, 11) is 1.71. The molecule has 1 amide bonds. The summed E-state index contributed by atoms with van der Waals surface area (Å²) in [4.78, 5) is 21.8. The van der Waals surface area contributed by atoms with Crippen LogP contribution in [0.15, 0.2) is 24.5 Å². The van der Waals surface area contributed by atoms with Crippen LogP contribution in [0, 0.1) is 10.1 Å². The number of hydrogen-bond acceptors (Lipinski definition) is 6. The molecule has 0 spiro atoms. The van der Waals surface area contributed by atoms with Crippen LogP contribution < -0.4 is 5.32 Å². The highest BCUT2D eigenvalue weighted by Gasteiger charge is 2.20. The van der Waals surface area contributed by atoms with Gasteiger partial charge in [0.1, 0.15) is 6.33 Å². The molecule has 20 heavy (non-hydrogen) atoms. The van der Waals surface area contributed by atoms with Gasteiger partial charge in [0.05, 0.1) is 17.0 Å². The third-order valence-corrected chi connectivity index (χ3v) is 2.67. The van der Waals surface area contributed by atoms with E-state index in [0.29, 0.717) is 5.82 Å². The van der Waals surface area contributed by atoms with E-state index in [0.717, 1.165) is 6.07 Å². The van der Waals surface area contributed by atoms with Gasteiger partial charge in [-0.15, -0.1) is 10.2 Å². The van der Waals surface area contributed by atoms with E-state index in [1.807, 2.05) is 0 Å². The summed E-state index contributed by atoms with van der Waals surface area (Å²) < 4.78 is 1.62. The Bertz CT molecular complexity index is 667. The molecule has 0 fully saturated rings. The lowest BCUT2D eigenvalue weighted by Crippen LogP contribution is -2.24. The second-order valence-corrected chi connectivity index (χ2v) is 3.97. The Morgan fingerprint density at radius 2 is 2.30 bits per heavy atom. The third kappa shape index (κ3) is 2.55.